The first-order valence-electron chi connectivity index (χ1n) is 8.03. The molecule has 126 valence electrons. The van der Waals surface area contributed by atoms with Gasteiger partial charge in [-0.2, -0.15) is 0 Å². The third-order valence-electron chi connectivity index (χ3n) is 4.27. The van der Waals surface area contributed by atoms with Crippen molar-refractivity contribution in [1.29, 1.82) is 0 Å². The third-order valence-corrected chi connectivity index (χ3v) is 4.27. The van der Waals surface area contributed by atoms with Gasteiger partial charge in [-0.15, -0.1) is 0 Å². The van der Waals surface area contributed by atoms with Crippen molar-refractivity contribution in [2.75, 3.05) is 6.61 Å². The highest BCUT2D eigenvalue weighted by atomic mass is 16.5. The van der Waals surface area contributed by atoms with Gasteiger partial charge in [-0.1, -0.05) is 39.3 Å². The molecule has 1 aliphatic rings. The van der Waals surface area contributed by atoms with Crippen LogP contribution in [-0.4, -0.2) is 29.6 Å². The van der Waals surface area contributed by atoms with Crippen LogP contribution in [-0.2, 0) is 15.0 Å². The molecule has 0 bridgehead atoms. The first-order valence-corrected chi connectivity index (χ1v) is 8.03. The first-order chi connectivity index (χ1) is 10.8. The van der Waals surface area contributed by atoms with Gasteiger partial charge < -0.3 is 15.2 Å². The smallest absolute Gasteiger partial charge is 0.308 e. The largest absolute Gasteiger partial charge is 0.484 e. The van der Waals surface area contributed by atoms with E-state index in [2.05, 4.69) is 26.1 Å². The summed E-state index contributed by atoms with van der Waals surface area (Å²) >= 11 is 0. The summed E-state index contributed by atoms with van der Waals surface area (Å²) in [5, 5.41) is 11.9. The van der Waals surface area contributed by atoms with Crippen LogP contribution in [0.5, 0.6) is 5.75 Å². The summed E-state index contributed by atoms with van der Waals surface area (Å²) in [6.45, 7) is 6.31. The van der Waals surface area contributed by atoms with Crippen LogP contribution in [0.1, 0.15) is 45.6 Å². The number of carboxylic acid groups (broad SMARTS) is 1. The predicted octanol–water partition coefficient (Wildman–Crippen LogP) is 2.73. The van der Waals surface area contributed by atoms with Crippen LogP contribution in [0.2, 0.25) is 0 Å². The Morgan fingerprint density at radius 2 is 1.87 bits per heavy atom. The van der Waals surface area contributed by atoms with Crippen LogP contribution in [0, 0.1) is 5.92 Å². The van der Waals surface area contributed by atoms with Gasteiger partial charge in [0.15, 0.2) is 6.61 Å². The van der Waals surface area contributed by atoms with E-state index in [0.29, 0.717) is 18.6 Å². The monoisotopic (exact) mass is 319 g/mol. The highest BCUT2D eigenvalue weighted by molar-refractivity contribution is 5.79. The standard InChI is InChI=1S/C18H25NO4/c1-18(2,3)12-7-9-13(10-8-12)23-11-16(20)19-15-6-4-5-14(15)17(21)22/h7-10,14-15H,4-6,11H2,1-3H3,(H,19,20)(H,21,22)/t14-,15+/m0/s1. The van der Waals surface area contributed by atoms with Crippen molar-refractivity contribution < 1.29 is 19.4 Å². The van der Waals surface area contributed by atoms with Crippen molar-refractivity contribution in [2.45, 2.75) is 51.5 Å². The second-order valence-corrected chi connectivity index (χ2v) is 7.11. The lowest BCUT2D eigenvalue weighted by Crippen LogP contribution is -2.42. The first kappa shape index (κ1) is 17.3. The van der Waals surface area contributed by atoms with Crippen LogP contribution in [0.3, 0.4) is 0 Å². The van der Waals surface area contributed by atoms with Gasteiger partial charge in [0.1, 0.15) is 5.75 Å². The number of ether oxygens (including phenoxy) is 1. The maximum Gasteiger partial charge on any atom is 0.308 e. The van der Waals surface area contributed by atoms with Crippen molar-refractivity contribution in [3.8, 4) is 5.75 Å². The Balaban J connectivity index is 1.84. The predicted molar refractivity (Wildman–Crippen MR) is 87.5 cm³/mol. The number of carboxylic acids is 1. The van der Waals surface area contributed by atoms with Crippen molar-refractivity contribution in [3.63, 3.8) is 0 Å². The number of amides is 1. The molecule has 1 fully saturated rings. The fourth-order valence-corrected chi connectivity index (χ4v) is 2.88. The highest BCUT2D eigenvalue weighted by Gasteiger charge is 2.33. The zero-order chi connectivity index (χ0) is 17.0. The molecule has 5 heteroatoms. The van der Waals surface area contributed by atoms with Crippen LogP contribution < -0.4 is 10.1 Å². The molecular formula is C18H25NO4. The molecule has 1 aromatic carbocycles. The zero-order valence-corrected chi connectivity index (χ0v) is 14.0. The number of carbonyl (C=O) groups excluding carboxylic acids is 1. The minimum absolute atomic E-state index is 0.0736. The lowest BCUT2D eigenvalue weighted by molar-refractivity contribution is -0.142. The average Bonchev–Trinajstić information content (AvgIpc) is 2.93. The number of aliphatic carboxylic acids is 1. The molecule has 1 saturated carbocycles. The van der Waals surface area contributed by atoms with E-state index in [-0.39, 0.29) is 24.0 Å². The molecule has 5 nitrogen and oxygen atoms in total. The highest BCUT2D eigenvalue weighted by Crippen LogP contribution is 2.26. The lowest BCUT2D eigenvalue weighted by atomic mass is 9.87. The molecule has 1 aromatic rings. The van der Waals surface area contributed by atoms with Crippen molar-refractivity contribution in [1.82, 2.24) is 5.32 Å². The molecule has 0 heterocycles. The molecule has 0 radical (unpaired) electrons. The molecule has 2 atom stereocenters. The van der Waals surface area contributed by atoms with E-state index in [1.807, 2.05) is 24.3 Å². The number of hydrogen-bond donors (Lipinski definition) is 2. The van der Waals surface area contributed by atoms with E-state index in [4.69, 9.17) is 9.84 Å². The van der Waals surface area contributed by atoms with E-state index in [9.17, 15) is 9.59 Å². The number of benzene rings is 1. The Labute approximate surface area is 137 Å². The summed E-state index contributed by atoms with van der Waals surface area (Å²) in [4.78, 5) is 23.0. The summed E-state index contributed by atoms with van der Waals surface area (Å²) in [5.74, 6) is -0.964. The summed E-state index contributed by atoms with van der Waals surface area (Å²) in [7, 11) is 0. The molecule has 2 rings (SSSR count). The quantitative estimate of drug-likeness (QED) is 0.875. The van der Waals surface area contributed by atoms with Gasteiger partial charge in [0, 0.05) is 6.04 Å². The Kier molecular flexibility index (Phi) is 5.29. The van der Waals surface area contributed by atoms with Crippen molar-refractivity contribution in [2.24, 2.45) is 5.92 Å². The third kappa shape index (κ3) is 4.71. The van der Waals surface area contributed by atoms with Gasteiger partial charge in [-0.05, 0) is 36.0 Å². The molecule has 0 aliphatic heterocycles. The van der Waals surface area contributed by atoms with Crippen LogP contribution in [0.15, 0.2) is 24.3 Å². The summed E-state index contributed by atoms with van der Waals surface area (Å²) in [6.07, 6.45) is 2.16. The van der Waals surface area contributed by atoms with Gasteiger partial charge in [-0.25, -0.2) is 0 Å². The number of hydrogen-bond acceptors (Lipinski definition) is 3. The molecular weight excluding hydrogens is 294 g/mol. The van der Waals surface area contributed by atoms with Crippen LogP contribution >= 0.6 is 0 Å². The minimum atomic E-state index is -0.841. The Morgan fingerprint density at radius 3 is 2.43 bits per heavy atom. The van der Waals surface area contributed by atoms with Crippen LogP contribution in [0.25, 0.3) is 0 Å². The molecule has 1 amide bonds. The van der Waals surface area contributed by atoms with Gasteiger partial charge in [-0.3, -0.25) is 9.59 Å². The Bertz CT molecular complexity index is 559. The van der Waals surface area contributed by atoms with Crippen LogP contribution in [0.4, 0.5) is 0 Å². The SMILES string of the molecule is CC(C)(C)c1ccc(OCC(=O)N[C@@H]2CCC[C@@H]2C(=O)O)cc1. The number of carbonyl (C=O) groups is 2. The second-order valence-electron chi connectivity index (χ2n) is 7.11. The van der Waals surface area contributed by atoms with Gasteiger partial charge in [0.25, 0.3) is 5.91 Å². The van der Waals surface area contributed by atoms with E-state index in [1.54, 1.807) is 0 Å². The van der Waals surface area contributed by atoms with Gasteiger partial charge in [0.05, 0.1) is 5.92 Å². The van der Waals surface area contributed by atoms with E-state index < -0.39 is 11.9 Å². The zero-order valence-electron chi connectivity index (χ0n) is 14.0. The lowest BCUT2D eigenvalue weighted by Gasteiger charge is -2.19. The van der Waals surface area contributed by atoms with E-state index in [1.165, 1.54) is 5.56 Å². The van der Waals surface area contributed by atoms with E-state index in [0.717, 1.165) is 6.42 Å². The van der Waals surface area contributed by atoms with Gasteiger partial charge >= 0.3 is 5.97 Å². The normalized spacial score (nSPS) is 21.0. The summed E-state index contributed by atoms with van der Waals surface area (Å²) in [6, 6.07) is 7.40. The maximum atomic E-state index is 11.9. The molecule has 23 heavy (non-hydrogen) atoms. The average molecular weight is 319 g/mol. The molecule has 0 spiro atoms. The molecule has 2 N–H and O–H groups in total. The summed E-state index contributed by atoms with van der Waals surface area (Å²) < 4.78 is 5.48. The Morgan fingerprint density at radius 1 is 1.22 bits per heavy atom. The minimum Gasteiger partial charge on any atom is -0.484 e. The molecule has 1 aliphatic carbocycles. The molecule has 0 unspecified atom stereocenters. The fraction of sp³-hybridized carbons (Fsp3) is 0.556. The molecule has 0 aromatic heterocycles. The topological polar surface area (TPSA) is 75.6 Å². The number of nitrogens with one attached hydrogen (secondary N) is 1. The van der Waals surface area contributed by atoms with E-state index >= 15 is 0 Å². The van der Waals surface area contributed by atoms with Crippen molar-refractivity contribution >= 4 is 11.9 Å². The Hall–Kier alpha value is -2.04. The fourth-order valence-electron chi connectivity index (χ4n) is 2.88. The maximum absolute atomic E-state index is 11.9. The molecule has 0 saturated heterocycles. The second kappa shape index (κ2) is 7.02. The number of rotatable bonds is 5. The van der Waals surface area contributed by atoms with Crippen molar-refractivity contribution in [3.05, 3.63) is 29.8 Å². The summed E-state index contributed by atoms with van der Waals surface area (Å²) in [5.41, 5.74) is 1.27. The van der Waals surface area contributed by atoms with Gasteiger partial charge in [0.2, 0.25) is 0 Å².